The average molecular weight is 441 g/mol. The molecule has 2 aromatic rings. The zero-order chi connectivity index (χ0) is 23.7. The summed E-state index contributed by atoms with van der Waals surface area (Å²) in [6, 6.07) is 3.67. The maximum atomic E-state index is 13.6. The number of carboxylic acids is 1. The number of rotatable bonds is 14. The highest BCUT2D eigenvalue weighted by atomic mass is 16.4. The molecule has 1 N–H and O–H groups in total. The van der Waals surface area contributed by atoms with Gasteiger partial charge in [-0.3, -0.25) is 9.48 Å². The summed E-state index contributed by atoms with van der Waals surface area (Å²) in [5.41, 5.74) is 6.85. The molecule has 0 fully saturated rings. The van der Waals surface area contributed by atoms with Gasteiger partial charge in [0.15, 0.2) is 11.5 Å². The van der Waals surface area contributed by atoms with Crippen LogP contribution in [0.4, 0.5) is 0 Å². The van der Waals surface area contributed by atoms with E-state index in [1.54, 1.807) is 6.92 Å². The van der Waals surface area contributed by atoms with Crippen LogP contribution in [-0.2, 0) is 32.2 Å². The Hall–Kier alpha value is -2.43. The topological polar surface area (TPSA) is 72.2 Å². The van der Waals surface area contributed by atoms with Crippen molar-refractivity contribution in [3.05, 3.63) is 51.3 Å². The molecule has 32 heavy (non-hydrogen) atoms. The lowest BCUT2D eigenvalue weighted by Gasteiger charge is -2.22. The second kappa shape index (κ2) is 12.6. The van der Waals surface area contributed by atoms with E-state index in [0.29, 0.717) is 5.69 Å². The van der Waals surface area contributed by atoms with Gasteiger partial charge in [0.25, 0.3) is 0 Å². The van der Waals surface area contributed by atoms with Crippen LogP contribution in [0.1, 0.15) is 115 Å². The van der Waals surface area contributed by atoms with Crippen LogP contribution in [0.2, 0.25) is 0 Å². The van der Waals surface area contributed by atoms with Gasteiger partial charge in [0.1, 0.15) is 6.54 Å². The predicted octanol–water partition coefficient (Wildman–Crippen LogP) is 6.36. The number of carboxylic acid groups (broad SMARTS) is 1. The molecule has 0 saturated heterocycles. The van der Waals surface area contributed by atoms with E-state index in [4.69, 9.17) is 0 Å². The summed E-state index contributed by atoms with van der Waals surface area (Å²) < 4.78 is 1.53. The van der Waals surface area contributed by atoms with Gasteiger partial charge in [0.2, 0.25) is 0 Å². The zero-order valence-corrected chi connectivity index (χ0v) is 20.6. The maximum absolute atomic E-state index is 13.6. The minimum atomic E-state index is -1.07. The third-order valence-electron chi connectivity index (χ3n) is 6.27. The molecule has 0 aliphatic carbocycles. The van der Waals surface area contributed by atoms with E-state index in [2.05, 4.69) is 38.9 Å². The number of carbonyl (C=O) groups is 2. The molecule has 0 aliphatic rings. The largest absolute Gasteiger partial charge is 0.476 e. The molecule has 0 unspecified atom stereocenters. The van der Waals surface area contributed by atoms with Crippen LogP contribution in [0.3, 0.4) is 0 Å². The first-order valence-electron chi connectivity index (χ1n) is 12.3. The monoisotopic (exact) mass is 440 g/mol. The van der Waals surface area contributed by atoms with Crippen molar-refractivity contribution >= 4 is 11.8 Å². The zero-order valence-electron chi connectivity index (χ0n) is 20.6. The summed E-state index contributed by atoms with van der Waals surface area (Å²) in [6.45, 7) is 10.7. The van der Waals surface area contributed by atoms with Crippen LogP contribution in [0.5, 0.6) is 0 Å². The Bertz CT molecular complexity index is 927. The van der Waals surface area contributed by atoms with Crippen molar-refractivity contribution in [3.63, 3.8) is 0 Å². The number of nitrogens with zero attached hydrogens (tertiary/aromatic N) is 2. The summed E-state index contributed by atoms with van der Waals surface area (Å²) in [6.07, 6.45) is 10.5. The van der Waals surface area contributed by atoms with Crippen LogP contribution in [0.25, 0.3) is 0 Å². The molecule has 0 spiro atoms. The highest BCUT2D eigenvalue weighted by Gasteiger charge is 2.22. The van der Waals surface area contributed by atoms with E-state index >= 15 is 0 Å². The molecule has 0 aliphatic heterocycles. The third kappa shape index (κ3) is 6.30. The van der Waals surface area contributed by atoms with Crippen molar-refractivity contribution in [3.8, 4) is 0 Å². The SMILES string of the molecule is CCCCc1cc(C(=O)Cn2nc(C(=O)O)cc2C)c(CCCC)c(CCCC)c1CC. The lowest BCUT2D eigenvalue weighted by atomic mass is 9.83. The number of Topliss-reactive ketones (excluding diaryl/α,β-unsaturated/α-hetero) is 1. The van der Waals surface area contributed by atoms with Gasteiger partial charge in [-0.05, 0) is 86.3 Å². The Morgan fingerprint density at radius 2 is 1.47 bits per heavy atom. The smallest absolute Gasteiger partial charge is 0.356 e. The van der Waals surface area contributed by atoms with Crippen molar-refractivity contribution in [2.75, 3.05) is 0 Å². The number of aromatic nitrogens is 2. The van der Waals surface area contributed by atoms with Gasteiger partial charge in [0.05, 0.1) is 0 Å². The summed E-state index contributed by atoms with van der Waals surface area (Å²) in [7, 11) is 0. The number of aromatic carboxylic acids is 1. The van der Waals surface area contributed by atoms with E-state index in [1.807, 2.05) is 0 Å². The Balaban J connectivity index is 2.58. The first-order chi connectivity index (χ1) is 15.4. The number of aryl methyl sites for hydroxylation is 2. The first-order valence-corrected chi connectivity index (χ1v) is 12.3. The van der Waals surface area contributed by atoms with Crippen LogP contribution >= 0.6 is 0 Å². The van der Waals surface area contributed by atoms with E-state index < -0.39 is 5.97 Å². The van der Waals surface area contributed by atoms with Gasteiger partial charge in [-0.25, -0.2) is 4.79 Å². The lowest BCUT2D eigenvalue weighted by molar-refractivity contribution is 0.0688. The first kappa shape index (κ1) is 25.8. The molecular weight excluding hydrogens is 400 g/mol. The Morgan fingerprint density at radius 1 is 0.875 bits per heavy atom. The van der Waals surface area contributed by atoms with Crippen molar-refractivity contribution in [1.29, 1.82) is 0 Å². The van der Waals surface area contributed by atoms with Gasteiger partial charge in [-0.2, -0.15) is 5.10 Å². The molecule has 0 bridgehead atoms. The summed E-state index contributed by atoms with van der Waals surface area (Å²) in [5.74, 6) is -1.05. The van der Waals surface area contributed by atoms with Crippen LogP contribution in [0, 0.1) is 6.92 Å². The summed E-state index contributed by atoms with van der Waals surface area (Å²) >= 11 is 0. The molecule has 0 amide bonds. The molecule has 0 atom stereocenters. The molecule has 2 rings (SSSR count). The normalized spacial score (nSPS) is 11.2. The third-order valence-corrected chi connectivity index (χ3v) is 6.27. The number of hydrogen-bond donors (Lipinski definition) is 1. The number of ketones is 1. The standard InChI is InChI=1S/C27H40N2O3/c1-6-10-13-20-17-24(26(30)18-29-19(5)16-25(28-29)27(31)32)23(15-12-8-3)22(14-11-7-2)21(20)9-4/h16-17H,6-15,18H2,1-5H3,(H,31,32). The van der Waals surface area contributed by atoms with Crippen LogP contribution in [0.15, 0.2) is 12.1 Å². The quantitative estimate of drug-likeness (QED) is 0.347. The molecular formula is C27H40N2O3. The molecule has 0 radical (unpaired) electrons. The van der Waals surface area contributed by atoms with E-state index in [1.165, 1.54) is 33.0 Å². The highest BCUT2D eigenvalue weighted by Crippen LogP contribution is 2.30. The highest BCUT2D eigenvalue weighted by molar-refractivity contribution is 5.98. The van der Waals surface area contributed by atoms with E-state index in [9.17, 15) is 14.7 Å². The molecule has 176 valence electrons. The fourth-order valence-corrected chi connectivity index (χ4v) is 4.46. The second-order valence-electron chi connectivity index (χ2n) is 8.74. The van der Waals surface area contributed by atoms with Gasteiger partial charge < -0.3 is 5.11 Å². The van der Waals surface area contributed by atoms with Gasteiger partial charge >= 0.3 is 5.97 Å². The van der Waals surface area contributed by atoms with Crippen molar-refractivity contribution in [2.45, 2.75) is 105 Å². The number of carbonyl (C=O) groups excluding carboxylic acids is 1. The van der Waals surface area contributed by atoms with E-state index in [-0.39, 0.29) is 18.0 Å². The molecule has 1 aromatic carbocycles. The van der Waals surface area contributed by atoms with Crippen LogP contribution < -0.4 is 0 Å². The Labute approximate surface area is 193 Å². The van der Waals surface area contributed by atoms with Gasteiger partial charge in [-0.15, -0.1) is 0 Å². The fraction of sp³-hybridized carbons (Fsp3) is 0.593. The van der Waals surface area contributed by atoms with Gasteiger partial charge in [-0.1, -0.05) is 47.0 Å². The fourth-order valence-electron chi connectivity index (χ4n) is 4.46. The Kier molecular flexibility index (Phi) is 10.1. The minimum Gasteiger partial charge on any atom is -0.476 e. The number of benzene rings is 1. The molecule has 5 nitrogen and oxygen atoms in total. The Morgan fingerprint density at radius 3 is 2.00 bits per heavy atom. The summed E-state index contributed by atoms with van der Waals surface area (Å²) in [5, 5.41) is 13.4. The van der Waals surface area contributed by atoms with E-state index in [0.717, 1.165) is 69.8 Å². The molecule has 1 heterocycles. The van der Waals surface area contributed by atoms with Crippen molar-refractivity contribution in [1.82, 2.24) is 9.78 Å². The number of hydrogen-bond acceptors (Lipinski definition) is 3. The predicted molar refractivity (Wildman–Crippen MR) is 130 cm³/mol. The average Bonchev–Trinajstić information content (AvgIpc) is 3.14. The maximum Gasteiger partial charge on any atom is 0.356 e. The van der Waals surface area contributed by atoms with Gasteiger partial charge in [0, 0.05) is 11.3 Å². The molecule has 5 heteroatoms. The second-order valence-corrected chi connectivity index (χ2v) is 8.74. The summed E-state index contributed by atoms with van der Waals surface area (Å²) in [4.78, 5) is 24.9. The molecule has 1 aromatic heterocycles. The van der Waals surface area contributed by atoms with Crippen molar-refractivity contribution in [2.24, 2.45) is 0 Å². The molecule has 0 saturated carbocycles. The lowest BCUT2D eigenvalue weighted by Crippen LogP contribution is -2.18. The van der Waals surface area contributed by atoms with Crippen LogP contribution in [-0.4, -0.2) is 26.6 Å². The number of unbranched alkanes of at least 4 members (excludes halogenated alkanes) is 3. The minimum absolute atomic E-state index is 0.0184. The van der Waals surface area contributed by atoms with Crippen molar-refractivity contribution < 1.29 is 14.7 Å².